The average molecular weight is 302 g/mol. The van der Waals surface area contributed by atoms with E-state index >= 15 is 0 Å². The molecule has 0 aliphatic carbocycles. The van der Waals surface area contributed by atoms with Crippen molar-refractivity contribution in [2.24, 2.45) is 0 Å². The molecule has 22 heavy (non-hydrogen) atoms. The van der Waals surface area contributed by atoms with Crippen LogP contribution < -0.4 is 15.1 Å². The highest BCUT2D eigenvalue weighted by molar-refractivity contribution is 6.10. The van der Waals surface area contributed by atoms with E-state index in [2.05, 4.69) is 0 Å². The number of benzene rings is 2. The molecule has 0 saturated heterocycles. The lowest BCUT2D eigenvalue weighted by Gasteiger charge is -2.12. The van der Waals surface area contributed by atoms with Crippen LogP contribution in [-0.2, 0) is 0 Å². The van der Waals surface area contributed by atoms with Crippen LogP contribution in [-0.4, -0.2) is 24.4 Å². The molecule has 1 heterocycles. The zero-order chi connectivity index (χ0) is 16.0. The Labute approximate surface area is 125 Å². The minimum Gasteiger partial charge on any atom is -0.507 e. The first-order chi connectivity index (χ1) is 10.5. The topological polar surface area (TPSA) is 89.1 Å². The predicted octanol–water partition coefficient (Wildman–Crippen LogP) is 2.68. The highest BCUT2D eigenvalue weighted by atomic mass is 16.5. The summed E-state index contributed by atoms with van der Waals surface area (Å²) in [6, 6.07) is 4.59. The van der Waals surface area contributed by atoms with Gasteiger partial charge in [0.1, 0.15) is 16.9 Å². The average Bonchev–Trinajstić information content (AvgIpc) is 2.49. The maximum Gasteiger partial charge on any atom is 0.348 e. The van der Waals surface area contributed by atoms with Gasteiger partial charge in [-0.15, -0.1) is 0 Å². The van der Waals surface area contributed by atoms with E-state index < -0.39 is 5.63 Å². The molecule has 3 rings (SSSR count). The standard InChI is InChI=1S/C16H14O6/c1-7-4-11(21-3)14(18)15-12(7)9-5-8(20-2)6-10(17)13(9)16(19)22-15/h4-6,17-18H,1-3H3. The highest BCUT2D eigenvalue weighted by Crippen LogP contribution is 2.41. The van der Waals surface area contributed by atoms with Gasteiger partial charge in [-0.2, -0.15) is 0 Å². The number of phenolic OH excluding ortho intramolecular Hbond substituents is 2. The molecule has 0 aliphatic heterocycles. The van der Waals surface area contributed by atoms with E-state index in [-0.39, 0.29) is 28.2 Å². The second-order valence-electron chi connectivity index (χ2n) is 4.91. The summed E-state index contributed by atoms with van der Waals surface area (Å²) < 4.78 is 15.4. The van der Waals surface area contributed by atoms with Gasteiger partial charge in [0.2, 0.25) is 5.75 Å². The molecule has 2 aromatic carbocycles. The number of rotatable bonds is 2. The summed E-state index contributed by atoms with van der Waals surface area (Å²) in [4.78, 5) is 12.2. The molecule has 0 amide bonds. The number of methoxy groups -OCH3 is 2. The van der Waals surface area contributed by atoms with Crippen LogP contribution >= 0.6 is 0 Å². The third-order valence-electron chi connectivity index (χ3n) is 3.63. The normalized spacial score (nSPS) is 11.0. The summed E-state index contributed by atoms with van der Waals surface area (Å²) in [6.07, 6.45) is 0. The van der Waals surface area contributed by atoms with Gasteiger partial charge >= 0.3 is 5.63 Å². The Morgan fingerprint density at radius 2 is 1.77 bits per heavy atom. The van der Waals surface area contributed by atoms with Crippen molar-refractivity contribution in [3.8, 4) is 23.0 Å². The summed E-state index contributed by atoms with van der Waals surface area (Å²) in [6.45, 7) is 1.79. The van der Waals surface area contributed by atoms with Crippen LogP contribution in [0.3, 0.4) is 0 Å². The van der Waals surface area contributed by atoms with Crippen molar-refractivity contribution in [2.75, 3.05) is 14.2 Å². The molecular weight excluding hydrogens is 288 g/mol. The first-order valence-corrected chi connectivity index (χ1v) is 6.52. The molecule has 0 unspecified atom stereocenters. The molecule has 3 aromatic rings. The number of hydrogen-bond acceptors (Lipinski definition) is 6. The lowest BCUT2D eigenvalue weighted by molar-refractivity contribution is 0.370. The van der Waals surface area contributed by atoms with Gasteiger partial charge in [0.15, 0.2) is 11.3 Å². The molecule has 0 aliphatic rings. The molecule has 6 nitrogen and oxygen atoms in total. The van der Waals surface area contributed by atoms with Crippen molar-refractivity contribution >= 4 is 21.7 Å². The fraction of sp³-hybridized carbons (Fsp3) is 0.188. The molecular formula is C16H14O6. The molecule has 6 heteroatoms. The lowest BCUT2D eigenvalue weighted by Crippen LogP contribution is -2.02. The molecule has 114 valence electrons. The first kappa shape index (κ1) is 14.1. The number of fused-ring (bicyclic) bond motifs is 3. The Hall–Kier alpha value is -2.89. The Morgan fingerprint density at radius 3 is 2.41 bits per heavy atom. The van der Waals surface area contributed by atoms with Gasteiger partial charge in [0.25, 0.3) is 0 Å². The van der Waals surface area contributed by atoms with Crippen LogP contribution in [0, 0.1) is 6.92 Å². The summed E-state index contributed by atoms with van der Waals surface area (Å²) in [5.41, 5.74) is -0.00124. The fourth-order valence-electron chi connectivity index (χ4n) is 2.61. The van der Waals surface area contributed by atoms with Crippen LogP contribution in [0.4, 0.5) is 0 Å². The minimum absolute atomic E-state index is 0.0157. The summed E-state index contributed by atoms with van der Waals surface area (Å²) in [5, 5.41) is 21.3. The quantitative estimate of drug-likeness (QED) is 0.559. The molecule has 0 saturated carbocycles. The number of aryl methyl sites for hydroxylation is 1. The highest BCUT2D eigenvalue weighted by Gasteiger charge is 2.19. The molecule has 1 aromatic heterocycles. The van der Waals surface area contributed by atoms with Gasteiger partial charge in [0.05, 0.1) is 14.2 Å². The van der Waals surface area contributed by atoms with Gasteiger partial charge in [-0.3, -0.25) is 0 Å². The number of ether oxygens (including phenoxy) is 2. The van der Waals surface area contributed by atoms with E-state index in [4.69, 9.17) is 13.9 Å². The Bertz CT molecular complexity index is 955. The van der Waals surface area contributed by atoms with Gasteiger partial charge < -0.3 is 24.1 Å². The third kappa shape index (κ3) is 1.84. The summed E-state index contributed by atoms with van der Waals surface area (Å²) in [5.74, 6) is 0.107. The molecule has 0 atom stereocenters. The van der Waals surface area contributed by atoms with E-state index in [1.807, 2.05) is 0 Å². The van der Waals surface area contributed by atoms with Crippen molar-refractivity contribution in [2.45, 2.75) is 6.92 Å². The monoisotopic (exact) mass is 302 g/mol. The second kappa shape index (κ2) is 4.84. The van der Waals surface area contributed by atoms with Crippen LogP contribution in [0.2, 0.25) is 0 Å². The Kier molecular flexibility index (Phi) is 3.09. The van der Waals surface area contributed by atoms with Gasteiger partial charge in [-0.05, 0) is 24.6 Å². The Morgan fingerprint density at radius 1 is 1.05 bits per heavy atom. The SMILES string of the molecule is COc1cc(O)c2c(=O)oc3c(O)c(OC)cc(C)c3c2c1. The van der Waals surface area contributed by atoms with E-state index in [1.165, 1.54) is 20.3 Å². The molecule has 0 spiro atoms. The zero-order valence-electron chi connectivity index (χ0n) is 12.3. The number of phenols is 2. The molecule has 0 fully saturated rings. The molecule has 0 radical (unpaired) electrons. The van der Waals surface area contributed by atoms with Crippen molar-refractivity contribution < 1.29 is 24.1 Å². The predicted molar refractivity (Wildman–Crippen MR) is 81.2 cm³/mol. The van der Waals surface area contributed by atoms with E-state index in [0.717, 1.165) is 5.56 Å². The van der Waals surface area contributed by atoms with Gasteiger partial charge in [-0.1, -0.05) is 0 Å². The van der Waals surface area contributed by atoms with Gasteiger partial charge in [-0.25, -0.2) is 4.79 Å². The van der Waals surface area contributed by atoms with Crippen molar-refractivity contribution in [1.82, 2.24) is 0 Å². The van der Waals surface area contributed by atoms with E-state index in [0.29, 0.717) is 16.5 Å². The third-order valence-corrected chi connectivity index (χ3v) is 3.63. The van der Waals surface area contributed by atoms with Crippen molar-refractivity contribution in [1.29, 1.82) is 0 Å². The fourth-order valence-corrected chi connectivity index (χ4v) is 2.61. The summed E-state index contributed by atoms with van der Waals surface area (Å²) >= 11 is 0. The number of aromatic hydroxyl groups is 2. The van der Waals surface area contributed by atoms with Crippen molar-refractivity contribution in [3.63, 3.8) is 0 Å². The maximum absolute atomic E-state index is 12.2. The van der Waals surface area contributed by atoms with Crippen LogP contribution in [0.1, 0.15) is 5.56 Å². The van der Waals surface area contributed by atoms with Crippen LogP contribution in [0.5, 0.6) is 23.0 Å². The van der Waals surface area contributed by atoms with Gasteiger partial charge in [0, 0.05) is 16.8 Å². The molecule has 0 bridgehead atoms. The Balaban J connectivity index is 2.63. The van der Waals surface area contributed by atoms with Crippen LogP contribution in [0.15, 0.2) is 27.4 Å². The second-order valence-corrected chi connectivity index (χ2v) is 4.91. The van der Waals surface area contributed by atoms with E-state index in [9.17, 15) is 15.0 Å². The number of hydrogen-bond donors (Lipinski definition) is 2. The van der Waals surface area contributed by atoms with Crippen molar-refractivity contribution in [3.05, 3.63) is 34.2 Å². The van der Waals surface area contributed by atoms with Crippen LogP contribution in [0.25, 0.3) is 21.7 Å². The first-order valence-electron chi connectivity index (χ1n) is 6.52. The maximum atomic E-state index is 12.2. The minimum atomic E-state index is -0.745. The smallest absolute Gasteiger partial charge is 0.348 e. The molecule has 2 N–H and O–H groups in total. The summed E-state index contributed by atoms with van der Waals surface area (Å²) in [7, 11) is 2.87. The zero-order valence-corrected chi connectivity index (χ0v) is 12.3. The largest absolute Gasteiger partial charge is 0.507 e. The lowest BCUT2D eigenvalue weighted by atomic mass is 10.0. The van der Waals surface area contributed by atoms with E-state index in [1.54, 1.807) is 19.1 Å².